The summed E-state index contributed by atoms with van der Waals surface area (Å²) < 4.78 is 10.1. The topological polar surface area (TPSA) is 76.7 Å². The third-order valence-electron chi connectivity index (χ3n) is 3.67. The average molecular weight is 342 g/mol. The molecule has 0 fully saturated rings. The number of hydrogen-bond donors (Lipinski definition) is 2. The van der Waals surface area contributed by atoms with Crippen molar-refractivity contribution >= 4 is 17.5 Å². The van der Waals surface area contributed by atoms with Crippen LogP contribution in [-0.2, 0) is 4.74 Å². The monoisotopic (exact) mass is 342 g/mol. The summed E-state index contributed by atoms with van der Waals surface area (Å²) in [6, 6.07) is 12.0. The molecular weight excluding hydrogens is 320 g/mol. The van der Waals surface area contributed by atoms with E-state index in [2.05, 4.69) is 10.6 Å². The van der Waals surface area contributed by atoms with Gasteiger partial charge in [-0.15, -0.1) is 0 Å². The lowest BCUT2D eigenvalue weighted by Crippen LogP contribution is -2.28. The Morgan fingerprint density at radius 1 is 1.04 bits per heavy atom. The highest BCUT2D eigenvalue weighted by Gasteiger charge is 2.14. The zero-order valence-corrected chi connectivity index (χ0v) is 14.6. The molecule has 0 unspecified atom stereocenters. The Kier molecular flexibility index (Phi) is 6.54. The summed E-state index contributed by atoms with van der Waals surface area (Å²) in [4.78, 5) is 24.8. The Morgan fingerprint density at radius 2 is 1.80 bits per heavy atom. The van der Waals surface area contributed by atoms with E-state index in [1.165, 1.54) is 0 Å². The van der Waals surface area contributed by atoms with Crippen molar-refractivity contribution in [2.75, 3.05) is 32.7 Å². The predicted octanol–water partition coefficient (Wildman–Crippen LogP) is 2.63. The molecule has 0 spiro atoms. The van der Waals surface area contributed by atoms with Crippen molar-refractivity contribution in [3.63, 3.8) is 0 Å². The van der Waals surface area contributed by atoms with Gasteiger partial charge in [0, 0.05) is 19.2 Å². The first-order valence-electron chi connectivity index (χ1n) is 7.89. The fraction of sp³-hybridized carbons (Fsp3) is 0.263. The van der Waals surface area contributed by atoms with Gasteiger partial charge in [0.15, 0.2) is 0 Å². The molecule has 0 aliphatic heterocycles. The molecule has 2 aromatic rings. The molecule has 0 saturated heterocycles. The highest BCUT2D eigenvalue weighted by molar-refractivity contribution is 6.09. The molecule has 0 radical (unpaired) electrons. The van der Waals surface area contributed by atoms with Crippen molar-refractivity contribution in [1.82, 2.24) is 5.32 Å². The van der Waals surface area contributed by atoms with Crippen LogP contribution < -0.4 is 15.4 Å². The molecule has 6 heteroatoms. The number of hydrogen-bond acceptors (Lipinski definition) is 4. The minimum atomic E-state index is -0.289. The summed E-state index contributed by atoms with van der Waals surface area (Å²) in [6.45, 7) is 2.69. The highest BCUT2D eigenvalue weighted by atomic mass is 16.5. The first kappa shape index (κ1) is 18.5. The Hall–Kier alpha value is -2.86. The standard InChI is InChI=1S/C19H22N2O4/c1-13-12-14(8-9-17(13)25-3)18(22)21-16-7-5-4-6-15(16)19(23)20-10-11-24-2/h4-9,12H,10-11H2,1-3H3,(H,20,23)(H,21,22). The lowest BCUT2D eigenvalue weighted by Gasteiger charge is -2.12. The van der Waals surface area contributed by atoms with Crippen LogP contribution in [0, 0.1) is 6.92 Å². The number of rotatable bonds is 7. The average Bonchev–Trinajstić information content (AvgIpc) is 2.62. The summed E-state index contributed by atoms with van der Waals surface area (Å²) in [5.41, 5.74) is 2.21. The number of anilines is 1. The van der Waals surface area contributed by atoms with Gasteiger partial charge in [0.2, 0.25) is 0 Å². The molecule has 2 rings (SSSR count). The molecule has 2 aromatic carbocycles. The second-order valence-corrected chi connectivity index (χ2v) is 5.43. The third kappa shape index (κ3) is 4.81. The van der Waals surface area contributed by atoms with Gasteiger partial charge in [-0.1, -0.05) is 12.1 Å². The van der Waals surface area contributed by atoms with Crippen molar-refractivity contribution in [2.24, 2.45) is 0 Å². The molecule has 132 valence electrons. The van der Waals surface area contributed by atoms with Gasteiger partial charge in [0.05, 0.1) is 25.0 Å². The van der Waals surface area contributed by atoms with E-state index in [4.69, 9.17) is 9.47 Å². The lowest BCUT2D eigenvalue weighted by atomic mass is 10.1. The number of methoxy groups -OCH3 is 2. The van der Waals surface area contributed by atoms with Crippen molar-refractivity contribution in [2.45, 2.75) is 6.92 Å². The Bertz CT molecular complexity index is 759. The van der Waals surface area contributed by atoms with Crippen molar-refractivity contribution < 1.29 is 19.1 Å². The van der Waals surface area contributed by atoms with E-state index < -0.39 is 0 Å². The number of carbonyl (C=O) groups is 2. The molecule has 0 atom stereocenters. The predicted molar refractivity (Wildman–Crippen MR) is 96.3 cm³/mol. The minimum Gasteiger partial charge on any atom is -0.496 e. The molecule has 0 aromatic heterocycles. The molecule has 0 aliphatic carbocycles. The van der Waals surface area contributed by atoms with Gasteiger partial charge in [-0.25, -0.2) is 0 Å². The summed E-state index contributed by atoms with van der Waals surface area (Å²) in [7, 11) is 3.15. The van der Waals surface area contributed by atoms with Gasteiger partial charge >= 0.3 is 0 Å². The van der Waals surface area contributed by atoms with E-state index in [1.807, 2.05) is 6.92 Å². The summed E-state index contributed by atoms with van der Waals surface area (Å²) in [6.07, 6.45) is 0. The number of benzene rings is 2. The van der Waals surface area contributed by atoms with E-state index in [0.29, 0.717) is 30.0 Å². The van der Waals surface area contributed by atoms with E-state index in [0.717, 1.165) is 11.3 Å². The second kappa shape index (κ2) is 8.84. The molecule has 0 saturated carbocycles. The smallest absolute Gasteiger partial charge is 0.255 e. The van der Waals surface area contributed by atoms with Gasteiger partial charge < -0.3 is 20.1 Å². The van der Waals surface area contributed by atoms with Gasteiger partial charge in [0.1, 0.15) is 5.75 Å². The van der Waals surface area contributed by atoms with E-state index in [-0.39, 0.29) is 11.8 Å². The maximum absolute atomic E-state index is 12.5. The van der Waals surface area contributed by atoms with Crippen LogP contribution in [0.3, 0.4) is 0 Å². The molecule has 6 nitrogen and oxygen atoms in total. The maximum Gasteiger partial charge on any atom is 0.255 e. The molecule has 0 heterocycles. The van der Waals surface area contributed by atoms with Gasteiger partial charge in [-0.2, -0.15) is 0 Å². The van der Waals surface area contributed by atoms with Crippen LogP contribution in [0.5, 0.6) is 5.75 Å². The molecule has 0 bridgehead atoms. The summed E-state index contributed by atoms with van der Waals surface area (Å²) in [5, 5.41) is 5.54. The molecular formula is C19H22N2O4. The van der Waals surface area contributed by atoms with Gasteiger partial charge in [-0.3, -0.25) is 9.59 Å². The zero-order chi connectivity index (χ0) is 18.2. The largest absolute Gasteiger partial charge is 0.496 e. The van der Waals surface area contributed by atoms with Gasteiger partial charge in [-0.05, 0) is 42.8 Å². The van der Waals surface area contributed by atoms with Crippen LogP contribution in [-0.4, -0.2) is 39.2 Å². The van der Waals surface area contributed by atoms with Crippen LogP contribution in [0.25, 0.3) is 0 Å². The SMILES string of the molecule is COCCNC(=O)c1ccccc1NC(=O)c1ccc(OC)c(C)c1. The Morgan fingerprint density at radius 3 is 2.48 bits per heavy atom. The molecule has 2 N–H and O–H groups in total. The fourth-order valence-electron chi connectivity index (χ4n) is 2.37. The normalized spacial score (nSPS) is 10.2. The Labute approximate surface area is 147 Å². The summed E-state index contributed by atoms with van der Waals surface area (Å²) in [5.74, 6) is 0.163. The number of carbonyl (C=O) groups excluding carboxylic acids is 2. The van der Waals surface area contributed by atoms with Crippen LogP contribution in [0.4, 0.5) is 5.69 Å². The number of para-hydroxylation sites is 1. The second-order valence-electron chi connectivity index (χ2n) is 5.43. The van der Waals surface area contributed by atoms with Crippen molar-refractivity contribution in [3.05, 3.63) is 59.2 Å². The first-order valence-corrected chi connectivity index (χ1v) is 7.89. The van der Waals surface area contributed by atoms with Crippen LogP contribution in [0.1, 0.15) is 26.3 Å². The number of amides is 2. The van der Waals surface area contributed by atoms with E-state index in [1.54, 1.807) is 56.7 Å². The minimum absolute atomic E-state index is 0.265. The number of ether oxygens (including phenoxy) is 2. The van der Waals surface area contributed by atoms with Gasteiger partial charge in [0.25, 0.3) is 11.8 Å². The third-order valence-corrected chi connectivity index (χ3v) is 3.67. The quantitative estimate of drug-likeness (QED) is 0.759. The zero-order valence-electron chi connectivity index (χ0n) is 14.6. The van der Waals surface area contributed by atoms with Crippen LogP contribution in [0.2, 0.25) is 0 Å². The maximum atomic E-state index is 12.5. The lowest BCUT2D eigenvalue weighted by molar-refractivity contribution is 0.0938. The van der Waals surface area contributed by atoms with Crippen LogP contribution in [0.15, 0.2) is 42.5 Å². The van der Waals surface area contributed by atoms with E-state index in [9.17, 15) is 9.59 Å². The molecule has 2 amide bonds. The van der Waals surface area contributed by atoms with Crippen molar-refractivity contribution in [1.29, 1.82) is 0 Å². The van der Waals surface area contributed by atoms with Crippen molar-refractivity contribution in [3.8, 4) is 5.75 Å². The molecule has 25 heavy (non-hydrogen) atoms. The fourth-order valence-corrected chi connectivity index (χ4v) is 2.37. The molecule has 0 aliphatic rings. The number of nitrogens with one attached hydrogen (secondary N) is 2. The Balaban J connectivity index is 2.15. The summed E-state index contributed by atoms with van der Waals surface area (Å²) >= 11 is 0. The number of aryl methyl sites for hydroxylation is 1. The highest BCUT2D eigenvalue weighted by Crippen LogP contribution is 2.20. The van der Waals surface area contributed by atoms with E-state index >= 15 is 0 Å². The first-order chi connectivity index (χ1) is 12.1. The van der Waals surface area contributed by atoms with Crippen LogP contribution >= 0.6 is 0 Å².